The zero-order valence-corrected chi connectivity index (χ0v) is 20.3. The minimum atomic E-state index is 0.285. The number of benzene rings is 3. The lowest BCUT2D eigenvalue weighted by molar-refractivity contribution is -0.108. The number of anilines is 1. The highest BCUT2D eigenvalue weighted by molar-refractivity contribution is 5.54. The van der Waals surface area contributed by atoms with Gasteiger partial charge in [0.05, 0.1) is 6.54 Å². The van der Waals surface area contributed by atoms with E-state index >= 15 is 0 Å². The molecule has 1 N–H and O–H groups in total. The lowest BCUT2D eigenvalue weighted by Gasteiger charge is -2.35. The number of hydrogen-bond acceptors (Lipinski definition) is 4. The smallest absolute Gasteiger partial charge is 0.133 e. The van der Waals surface area contributed by atoms with Crippen molar-refractivity contribution in [3.8, 4) is 5.75 Å². The Labute approximate surface area is 208 Å². The van der Waals surface area contributed by atoms with Crippen molar-refractivity contribution in [2.45, 2.75) is 37.5 Å². The van der Waals surface area contributed by atoms with Crippen LogP contribution >= 0.6 is 0 Å². The zero-order valence-electron chi connectivity index (χ0n) is 20.3. The summed E-state index contributed by atoms with van der Waals surface area (Å²) in [5, 5.41) is 10.1. The molecule has 180 valence electrons. The number of rotatable bonds is 5. The third-order valence-corrected chi connectivity index (χ3v) is 8.72. The number of nitrogens with zero attached hydrogens (tertiary/aromatic N) is 2. The maximum absolute atomic E-state index is 11.0. The molecule has 0 amide bonds. The first-order valence-corrected chi connectivity index (χ1v) is 13.0. The van der Waals surface area contributed by atoms with E-state index < -0.39 is 0 Å². The number of carbonyl (C=O) groups is 1. The highest BCUT2D eigenvalue weighted by atomic mass is 16.3. The topological polar surface area (TPSA) is 43.8 Å². The van der Waals surface area contributed by atoms with Gasteiger partial charge in [-0.2, -0.15) is 0 Å². The van der Waals surface area contributed by atoms with Crippen molar-refractivity contribution in [1.29, 1.82) is 0 Å². The molecular weight excluding hydrogens is 432 g/mol. The van der Waals surface area contributed by atoms with E-state index in [0.29, 0.717) is 23.6 Å². The molecule has 2 saturated heterocycles. The molecule has 0 bridgehead atoms. The Bertz CT molecular complexity index is 1190. The van der Waals surface area contributed by atoms with E-state index in [4.69, 9.17) is 0 Å². The lowest BCUT2D eigenvalue weighted by Crippen LogP contribution is -2.31. The number of hydrogen-bond donors (Lipinski definition) is 1. The number of aryl methyl sites for hydroxylation is 1. The second kappa shape index (κ2) is 9.16. The van der Waals surface area contributed by atoms with Gasteiger partial charge in [0.2, 0.25) is 0 Å². The van der Waals surface area contributed by atoms with Crippen molar-refractivity contribution in [3.05, 3.63) is 95.1 Å². The maximum atomic E-state index is 11.0. The molecule has 3 aliphatic rings. The highest BCUT2D eigenvalue weighted by Gasteiger charge is 2.43. The summed E-state index contributed by atoms with van der Waals surface area (Å²) in [6.07, 6.45) is 5.52. The summed E-state index contributed by atoms with van der Waals surface area (Å²) in [7, 11) is 0. The van der Waals surface area contributed by atoms with E-state index in [9.17, 15) is 9.90 Å². The molecule has 3 aromatic carbocycles. The lowest BCUT2D eigenvalue weighted by atomic mass is 9.69. The van der Waals surface area contributed by atoms with Crippen molar-refractivity contribution in [2.75, 3.05) is 37.6 Å². The van der Waals surface area contributed by atoms with Gasteiger partial charge in [-0.05, 0) is 84.7 Å². The molecule has 1 unspecified atom stereocenters. The van der Waals surface area contributed by atoms with E-state index in [1.165, 1.54) is 40.8 Å². The summed E-state index contributed by atoms with van der Waals surface area (Å²) in [5.74, 6) is 1.07. The third kappa shape index (κ3) is 4.25. The molecule has 2 aliphatic heterocycles. The Morgan fingerprint density at radius 3 is 2.51 bits per heavy atom. The second-order valence-corrected chi connectivity index (χ2v) is 10.8. The van der Waals surface area contributed by atoms with Crippen LogP contribution in [0.4, 0.5) is 5.69 Å². The van der Waals surface area contributed by atoms with Crippen LogP contribution in [-0.4, -0.2) is 49.0 Å². The summed E-state index contributed by atoms with van der Waals surface area (Å²) in [6, 6.07) is 26.1. The Hall–Kier alpha value is -3.11. The van der Waals surface area contributed by atoms with Gasteiger partial charge >= 0.3 is 0 Å². The maximum Gasteiger partial charge on any atom is 0.133 e. The zero-order chi connectivity index (χ0) is 23.8. The number of aromatic hydroxyl groups is 1. The van der Waals surface area contributed by atoms with Crippen LogP contribution < -0.4 is 4.90 Å². The fourth-order valence-corrected chi connectivity index (χ4v) is 6.95. The molecule has 6 rings (SSSR count). The second-order valence-electron chi connectivity index (χ2n) is 10.8. The van der Waals surface area contributed by atoms with Crippen LogP contribution in [0.2, 0.25) is 0 Å². The predicted molar refractivity (Wildman–Crippen MR) is 140 cm³/mol. The molecule has 3 atom stereocenters. The van der Waals surface area contributed by atoms with Crippen molar-refractivity contribution >= 4 is 12.0 Å². The summed E-state index contributed by atoms with van der Waals surface area (Å²) in [5.41, 5.74) is 7.00. The molecular formula is C31H34N2O2. The van der Waals surface area contributed by atoms with E-state index in [0.717, 1.165) is 45.3 Å². The van der Waals surface area contributed by atoms with Gasteiger partial charge in [-0.1, -0.05) is 48.5 Å². The van der Waals surface area contributed by atoms with E-state index in [2.05, 4.69) is 70.5 Å². The van der Waals surface area contributed by atoms with Crippen molar-refractivity contribution in [3.63, 3.8) is 0 Å². The first kappa shape index (κ1) is 22.4. The molecule has 0 saturated carbocycles. The minimum absolute atomic E-state index is 0.285. The van der Waals surface area contributed by atoms with E-state index in [1.807, 2.05) is 12.1 Å². The molecule has 4 nitrogen and oxygen atoms in total. The SMILES string of the molecule is O=CCN1CCC2(CCN(c3ccc([C@H]4c5ccc(O)cc5CC[C@H]4c4ccccc4)cc3)C2)C1. The first-order valence-electron chi connectivity index (χ1n) is 13.0. The van der Waals surface area contributed by atoms with E-state index in [1.54, 1.807) is 0 Å². The summed E-state index contributed by atoms with van der Waals surface area (Å²) >= 11 is 0. The van der Waals surface area contributed by atoms with Gasteiger partial charge < -0.3 is 14.8 Å². The van der Waals surface area contributed by atoms with Crippen LogP contribution in [0.15, 0.2) is 72.8 Å². The number of carbonyl (C=O) groups excluding carboxylic acids is 1. The molecule has 35 heavy (non-hydrogen) atoms. The Morgan fingerprint density at radius 1 is 0.914 bits per heavy atom. The van der Waals surface area contributed by atoms with Crippen molar-refractivity contribution in [2.24, 2.45) is 5.41 Å². The Kier molecular flexibility index (Phi) is 5.85. The molecule has 0 radical (unpaired) electrons. The number of likely N-dealkylation sites (tertiary alicyclic amines) is 1. The summed E-state index contributed by atoms with van der Waals surface area (Å²) in [4.78, 5) is 15.8. The standard InChI is InChI=1S/C31H34N2O2/c34-19-18-32-16-14-31(21-32)15-17-33(22-31)26-9-6-24(7-10-26)30-28(23-4-2-1-3-5-23)12-8-25-20-27(35)11-13-29(25)30/h1-7,9-11,13,19-20,28,30,35H,8,12,14-18,21-22H2/t28-,30+,31?/m0/s1. The average molecular weight is 467 g/mol. The van der Waals surface area contributed by atoms with E-state index in [-0.39, 0.29) is 5.92 Å². The minimum Gasteiger partial charge on any atom is -0.508 e. The van der Waals surface area contributed by atoms with Gasteiger partial charge in [0, 0.05) is 36.7 Å². The van der Waals surface area contributed by atoms with Gasteiger partial charge in [-0.15, -0.1) is 0 Å². The van der Waals surface area contributed by atoms with Crippen LogP contribution in [0.25, 0.3) is 0 Å². The van der Waals surface area contributed by atoms with Crippen LogP contribution in [-0.2, 0) is 11.2 Å². The molecule has 4 heteroatoms. The molecule has 2 heterocycles. The highest BCUT2D eigenvalue weighted by Crippen LogP contribution is 2.47. The molecule has 2 fully saturated rings. The van der Waals surface area contributed by atoms with Crippen LogP contribution in [0.5, 0.6) is 5.75 Å². The van der Waals surface area contributed by atoms with Crippen molar-refractivity contribution in [1.82, 2.24) is 4.90 Å². The Balaban J connectivity index is 1.27. The third-order valence-electron chi connectivity index (χ3n) is 8.72. The normalized spacial score (nSPS) is 26.2. The number of phenols is 1. The first-order chi connectivity index (χ1) is 17.1. The number of aldehydes is 1. The average Bonchev–Trinajstić information content (AvgIpc) is 3.50. The fraction of sp³-hybridized carbons (Fsp3) is 0.387. The van der Waals surface area contributed by atoms with Gasteiger partial charge in [-0.3, -0.25) is 4.90 Å². The van der Waals surface area contributed by atoms with Crippen LogP contribution in [0.3, 0.4) is 0 Å². The quantitative estimate of drug-likeness (QED) is 0.515. The predicted octanol–water partition coefficient (Wildman–Crippen LogP) is 5.36. The molecule has 0 aromatic heterocycles. The van der Waals surface area contributed by atoms with Crippen LogP contribution in [0.1, 0.15) is 53.4 Å². The van der Waals surface area contributed by atoms with Gasteiger partial charge in [0.1, 0.15) is 12.0 Å². The van der Waals surface area contributed by atoms with Gasteiger partial charge in [0.15, 0.2) is 0 Å². The Morgan fingerprint density at radius 2 is 1.71 bits per heavy atom. The summed E-state index contributed by atoms with van der Waals surface area (Å²) < 4.78 is 0. The monoisotopic (exact) mass is 466 g/mol. The molecule has 1 spiro atoms. The van der Waals surface area contributed by atoms with Crippen molar-refractivity contribution < 1.29 is 9.90 Å². The fourth-order valence-electron chi connectivity index (χ4n) is 6.95. The molecule has 1 aliphatic carbocycles. The largest absolute Gasteiger partial charge is 0.508 e. The number of fused-ring (bicyclic) bond motifs is 1. The number of phenolic OH excluding ortho intramolecular Hbond substituents is 1. The molecule has 3 aromatic rings. The van der Waals surface area contributed by atoms with Crippen LogP contribution in [0, 0.1) is 5.41 Å². The summed E-state index contributed by atoms with van der Waals surface area (Å²) in [6.45, 7) is 4.83. The van der Waals surface area contributed by atoms with Gasteiger partial charge in [0.25, 0.3) is 0 Å². The van der Waals surface area contributed by atoms with Gasteiger partial charge in [-0.25, -0.2) is 0 Å².